The maximum Gasteiger partial charge on any atom is 0.254 e. The molecule has 1 saturated heterocycles. The van der Waals surface area contributed by atoms with Crippen molar-refractivity contribution in [2.45, 2.75) is 26.1 Å². The number of carbonyl (C=O) groups is 1. The molecule has 2 atom stereocenters. The van der Waals surface area contributed by atoms with Crippen molar-refractivity contribution in [3.63, 3.8) is 0 Å². The third-order valence-corrected chi connectivity index (χ3v) is 3.62. The van der Waals surface area contributed by atoms with Crippen LogP contribution in [0.4, 0.5) is 0 Å². The number of hydrogen-bond acceptors (Lipinski definition) is 5. The molecule has 6 nitrogen and oxygen atoms in total. The molecule has 0 bridgehead atoms. The van der Waals surface area contributed by atoms with Crippen LogP contribution in [0.15, 0.2) is 12.1 Å². The van der Waals surface area contributed by atoms with E-state index in [2.05, 4.69) is 0 Å². The Morgan fingerprint density at radius 1 is 1.05 bits per heavy atom. The van der Waals surface area contributed by atoms with Crippen LogP contribution >= 0.6 is 0 Å². The largest absolute Gasteiger partial charge is 0.493 e. The quantitative estimate of drug-likeness (QED) is 0.851. The van der Waals surface area contributed by atoms with Crippen molar-refractivity contribution >= 4 is 5.91 Å². The Balaban J connectivity index is 2.33. The Bertz CT molecular complexity index is 510. The number of nitrogens with zero attached hydrogens (tertiary/aromatic N) is 1. The van der Waals surface area contributed by atoms with Gasteiger partial charge in [-0.25, -0.2) is 0 Å². The van der Waals surface area contributed by atoms with Crippen molar-refractivity contribution in [2.24, 2.45) is 0 Å². The first kappa shape index (κ1) is 16.4. The molecule has 1 heterocycles. The molecule has 122 valence electrons. The van der Waals surface area contributed by atoms with Crippen LogP contribution in [0.2, 0.25) is 0 Å². The van der Waals surface area contributed by atoms with Gasteiger partial charge in [0.05, 0.1) is 33.5 Å². The molecule has 0 aromatic heterocycles. The minimum atomic E-state index is -0.0683. The van der Waals surface area contributed by atoms with E-state index in [1.165, 1.54) is 21.3 Å². The lowest BCUT2D eigenvalue weighted by molar-refractivity contribution is -0.0586. The Labute approximate surface area is 130 Å². The molecule has 0 N–H and O–H groups in total. The second-order valence-electron chi connectivity index (χ2n) is 5.38. The average molecular weight is 309 g/mol. The second-order valence-corrected chi connectivity index (χ2v) is 5.38. The highest BCUT2D eigenvalue weighted by Crippen LogP contribution is 2.38. The summed E-state index contributed by atoms with van der Waals surface area (Å²) in [7, 11) is 4.60. The van der Waals surface area contributed by atoms with E-state index in [-0.39, 0.29) is 18.1 Å². The van der Waals surface area contributed by atoms with Gasteiger partial charge in [0.2, 0.25) is 5.75 Å². The lowest BCUT2D eigenvalue weighted by Crippen LogP contribution is -2.48. The molecule has 0 radical (unpaired) electrons. The van der Waals surface area contributed by atoms with E-state index in [1.54, 1.807) is 17.0 Å². The first-order chi connectivity index (χ1) is 10.5. The van der Waals surface area contributed by atoms with E-state index in [0.29, 0.717) is 35.9 Å². The van der Waals surface area contributed by atoms with Crippen molar-refractivity contribution in [3.05, 3.63) is 17.7 Å². The van der Waals surface area contributed by atoms with Gasteiger partial charge < -0.3 is 23.8 Å². The highest BCUT2D eigenvalue weighted by Gasteiger charge is 2.28. The molecule has 22 heavy (non-hydrogen) atoms. The number of hydrogen-bond donors (Lipinski definition) is 0. The Kier molecular flexibility index (Phi) is 5.13. The zero-order chi connectivity index (χ0) is 16.3. The molecule has 1 amide bonds. The standard InChI is InChI=1S/C16H23NO5/c1-10-8-17(9-11(2)22-10)16(18)12-6-13(19-3)15(21-5)14(7-12)20-4/h6-7,10-11H,8-9H2,1-5H3/t10-,11-/m0/s1. The summed E-state index contributed by atoms with van der Waals surface area (Å²) in [5.74, 6) is 1.35. The number of benzene rings is 1. The van der Waals surface area contributed by atoms with Crippen molar-refractivity contribution in [2.75, 3.05) is 34.4 Å². The fourth-order valence-corrected chi connectivity index (χ4v) is 2.73. The molecule has 1 aliphatic rings. The first-order valence-corrected chi connectivity index (χ1v) is 7.24. The fraction of sp³-hybridized carbons (Fsp3) is 0.562. The molecule has 0 spiro atoms. The predicted octanol–water partition coefficient (Wildman–Crippen LogP) is 1.96. The topological polar surface area (TPSA) is 57.2 Å². The molecular weight excluding hydrogens is 286 g/mol. The van der Waals surface area contributed by atoms with Gasteiger partial charge in [-0.15, -0.1) is 0 Å². The Morgan fingerprint density at radius 3 is 1.95 bits per heavy atom. The van der Waals surface area contributed by atoms with Crippen molar-refractivity contribution in [1.29, 1.82) is 0 Å². The maximum absolute atomic E-state index is 12.7. The van der Waals surface area contributed by atoms with E-state index in [9.17, 15) is 4.79 Å². The highest BCUT2D eigenvalue weighted by atomic mass is 16.5. The second kappa shape index (κ2) is 6.87. The van der Waals surface area contributed by atoms with E-state index in [4.69, 9.17) is 18.9 Å². The van der Waals surface area contributed by atoms with Crippen LogP contribution in [0.25, 0.3) is 0 Å². The minimum absolute atomic E-state index is 0.0229. The molecule has 0 saturated carbocycles. The van der Waals surface area contributed by atoms with Gasteiger partial charge in [-0.1, -0.05) is 0 Å². The lowest BCUT2D eigenvalue weighted by atomic mass is 10.1. The first-order valence-electron chi connectivity index (χ1n) is 7.24. The van der Waals surface area contributed by atoms with Gasteiger partial charge in [-0.3, -0.25) is 4.79 Å². The number of amides is 1. The van der Waals surface area contributed by atoms with Gasteiger partial charge in [-0.2, -0.15) is 0 Å². The van der Waals surface area contributed by atoms with Crippen LogP contribution in [0.5, 0.6) is 17.2 Å². The Morgan fingerprint density at radius 2 is 1.55 bits per heavy atom. The highest BCUT2D eigenvalue weighted by molar-refractivity contribution is 5.95. The lowest BCUT2D eigenvalue weighted by Gasteiger charge is -2.35. The van der Waals surface area contributed by atoms with Crippen LogP contribution in [-0.2, 0) is 4.74 Å². The molecule has 0 unspecified atom stereocenters. The van der Waals surface area contributed by atoms with E-state index >= 15 is 0 Å². The summed E-state index contributed by atoms with van der Waals surface area (Å²) >= 11 is 0. The van der Waals surface area contributed by atoms with Crippen LogP contribution in [-0.4, -0.2) is 57.4 Å². The summed E-state index contributed by atoms with van der Waals surface area (Å²) in [5.41, 5.74) is 0.510. The summed E-state index contributed by atoms with van der Waals surface area (Å²) in [4.78, 5) is 14.5. The number of morpholine rings is 1. The third-order valence-electron chi connectivity index (χ3n) is 3.62. The van der Waals surface area contributed by atoms with E-state index < -0.39 is 0 Å². The molecule has 1 fully saturated rings. The van der Waals surface area contributed by atoms with Gasteiger partial charge in [-0.05, 0) is 26.0 Å². The molecule has 1 aliphatic heterocycles. The summed E-state index contributed by atoms with van der Waals surface area (Å²) in [6, 6.07) is 3.35. The number of rotatable bonds is 4. The molecule has 1 aromatic carbocycles. The molecule has 1 aromatic rings. The minimum Gasteiger partial charge on any atom is -0.493 e. The zero-order valence-electron chi connectivity index (χ0n) is 13.7. The van der Waals surface area contributed by atoms with E-state index in [0.717, 1.165) is 0 Å². The average Bonchev–Trinajstić information content (AvgIpc) is 2.51. The van der Waals surface area contributed by atoms with Crippen molar-refractivity contribution in [1.82, 2.24) is 4.90 Å². The number of carbonyl (C=O) groups excluding carboxylic acids is 1. The van der Waals surface area contributed by atoms with Gasteiger partial charge in [0, 0.05) is 18.7 Å². The van der Waals surface area contributed by atoms with Crippen LogP contribution in [0.3, 0.4) is 0 Å². The summed E-state index contributed by atoms with van der Waals surface area (Å²) in [6.07, 6.45) is 0.0458. The van der Waals surface area contributed by atoms with Crippen molar-refractivity contribution < 1.29 is 23.7 Å². The normalized spacial score (nSPS) is 21.4. The number of ether oxygens (including phenoxy) is 4. The van der Waals surface area contributed by atoms with Crippen LogP contribution < -0.4 is 14.2 Å². The van der Waals surface area contributed by atoms with Gasteiger partial charge >= 0.3 is 0 Å². The molecule has 0 aliphatic carbocycles. The van der Waals surface area contributed by atoms with Gasteiger partial charge in [0.1, 0.15) is 0 Å². The van der Waals surface area contributed by atoms with Gasteiger partial charge in [0.25, 0.3) is 5.91 Å². The summed E-state index contributed by atoms with van der Waals surface area (Å²) < 4.78 is 21.5. The summed E-state index contributed by atoms with van der Waals surface area (Å²) in [6.45, 7) is 5.07. The fourth-order valence-electron chi connectivity index (χ4n) is 2.73. The van der Waals surface area contributed by atoms with Gasteiger partial charge in [0.15, 0.2) is 11.5 Å². The van der Waals surface area contributed by atoms with Crippen LogP contribution in [0.1, 0.15) is 24.2 Å². The predicted molar refractivity (Wildman–Crippen MR) is 82.0 cm³/mol. The number of methoxy groups -OCH3 is 3. The van der Waals surface area contributed by atoms with Crippen LogP contribution in [0, 0.1) is 0 Å². The zero-order valence-corrected chi connectivity index (χ0v) is 13.7. The monoisotopic (exact) mass is 309 g/mol. The molecule has 6 heteroatoms. The Hall–Kier alpha value is -1.95. The van der Waals surface area contributed by atoms with Crippen molar-refractivity contribution in [3.8, 4) is 17.2 Å². The SMILES string of the molecule is COc1cc(C(=O)N2C[C@H](C)O[C@@H](C)C2)cc(OC)c1OC. The van der Waals surface area contributed by atoms with E-state index in [1.807, 2.05) is 13.8 Å². The smallest absolute Gasteiger partial charge is 0.254 e. The summed E-state index contributed by atoms with van der Waals surface area (Å²) in [5, 5.41) is 0. The maximum atomic E-state index is 12.7. The molecule has 2 rings (SSSR count). The third kappa shape index (κ3) is 3.27. The molecular formula is C16H23NO5.